The molecule has 1 aromatic rings. The molecule has 0 aliphatic heterocycles. The van der Waals surface area contributed by atoms with E-state index in [1.807, 2.05) is 18.2 Å². The smallest absolute Gasteiger partial charge is 0.220 e. The first-order valence-corrected chi connectivity index (χ1v) is 6.12. The number of hydrogen-bond acceptors (Lipinski definition) is 3. The lowest BCUT2D eigenvalue weighted by Gasteiger charge is -2.13. The molecule has 0 spiro atoms. The molecule has 0 saturated carbocycles. The van der Waals surface area contributed by atoms with E-state index >= 15 is 0 Å². The summed E-state index contributed by atoms with van der Waals surface area (Å²) < 4.78 is 0. The van der Waals surface area contributed by atoms with Gasteiger partial charge in [-0.1, -0.05) is 13.0 Å². The van der Waals surface area contributed by atoms with E-state index in [0.717, 1.165) is 12.2 Å². The number of amides is 1. The fraction of sp³-hybridized carbons (Fsp3) is 0.538. The summed E-state index contributed by atoms with van der Waals surface area (Å²) in [7, 11) is 0. The van der Waals surface area contributed by atoms with Gasteiger partial charge in [-0.05, 0) is 32.0 Å². The van der Waals surface area contributed by atoms with Crippen molar-refractivity contribution in [2.24, 2.45) is 0 Å². The fourth-order valence-electron chi connectivity index (χ4n) is 1.56. The maximum absolute atomic E-state index is 11.6. The van der Waals surface area contributed by atoms with Crippen LogP contribution >= 0.6 is 24.8 Å². The Kier molecular flexibility index (Phi) is 13.2. The van der Waals surface area contributed by atoms with Gasteiger partial charge >= 0.3 is 0 Å². The van der Waals surface area contributed by atoms with Crippen LogP contribution in [0.25, 0.3) is 0 Å². The zero-order chi connectivity index (χ0) is 12.5. The summed E-state index contributed by atoms with van der Waals surface area (Å²) >= 11 is 0. The second-order valence-corrected chi connectivity index (χ2v) is 4.08. The van der Waals surface area contributed by atoms with E-state index < -0.39 is 0 Å². The van der Waals surface area contributed by atoms with Gasteiger partial charge in [0.15, 0.2) is 0 Å². The number of halogens is 2. The summed E-state index contributed by atoms with van der Waals surface area (Å²) in [5.41, 5.74) is 0.961. The van der Waals surface area contributed by atoms with Crippen LogP contribution in [0.5, 0.6) is 0 Å². The highest BCUT2D eigenvalue weighted by molar-refractivity contribution is 5.85. The third kappa shape index (κ3) is 9.70. The number of pyridine rings is 1. The van der Waals surface area contributed by atoms with Gasteiger partial charge in [0, 0.05) is 30.9 Å². The van der Waals surface area contributed by atoms with Crippen molar-refractivity contribution in [1.82, 2.24) is 15.6 Å². The minimum absolute atomic E-state index is 0. The van der Waals surface area contributed by atoms with E-state index in [9.17, 15) is 4.79 Å². The molecule has 0 unspecified atom stereocenters. The number of hydrogen-bond donors (Lipinski definition) is 2. The number of aromatic nitrogens is 1. The molecule has 6 heteroatoms. The molecule has 19 heavy (non-hydrogen) atoms. The number of likely N-dealkylation sites (N-methyl/N-ethyl adjacent to an activating group) is 1. The summed E-state index contributed by atoms with van der Waals surface area (Å²) in [5, 5.41) is 6.16. The molecule has 1 amide bonds. The standard InChI is InChI=1S/C13H21N3O.2ClH/c1-3-14-11(2)10-16-13(17)8-7-12-6-4-5-9-15-12;;/h4-6,9,11,14H,3,7-8,10H2,1-2H3,(H,16,17);2*1H/t11-;;/m1../s1. The first kappa shape index (κ1) is 20.5. The molecule has 1 aromatic heterocycles. The first-order chi connectivity index (χ1) is 8.22. The molecular formula is C13H23Cl2N3O. The number of aryl methyl sites for hydroxylation is 1. The third-order valence-electron chi connectivity index (χ3n) is 2.49. The van der Waals surface area contributed by atoms with Crippen LogP contribution in [-0.4, -0.2) is 30.0 Å². The molecule has 2 N–H and O–H groups in total. The van der Waals surface area contributed by atoms with Crippen molar-refractivity contribution >= 4 is 30.7 Å². The largest absolute Gasteiger partial charge is 0.355 e. The summed E-state index contributed by atoms with van der Waals surface area (Å²) in [5.74, 6) is 0.0837. The number of carbonyl (C=O) groups is 1. The number of rotatable bonds is 7. The minimum Gasteiger partial charge on any atom is -0.355 e. The van der Waals surface area contributed by atoms with Crippen LogP contribution in [0.15, 0.2) is 24.4 Å². The molecule has 4 nitrogen and oxygen atoms in total. The predicted octanol–water partition coefficient (Wildman–Crippen LogP) is 1.97. The Morgan fingerprint density at radius 3 is 2.68 bits per heavy atom. The van der Waals surface area contributed by atoms with Crippen molar-refractivity contribution in [2.45, 2.75) is 32.7 Å². The molecule has 1 atom stereocenters. The van der Waals surface area contributed by atoms with Crippen molar-refractivity contribution in [1.29, 1.82) is 0 Å². The Hall–Kier alpha value is -0.840. The van der Waals surface area contributed by atoms with Gasteiger partial charge in [-0.2, -0.15) is 0 Å². The minimum atomic E-state index is 0. The van der Waals surface area contributed by atoms with Gasteiger partial charge in [0.25, 0.3) is 0 Å². The monoisotopic (exact) mass is 307 g/mol. The summed E-state index contributed by atoms with van der Waals surface area (Å²) in [6, 6.07) is 6.07. The summed E-state index contributed by atoms with van der Waals surface area (Å²) in [6.07, 6.45) is 2.94. The fourth-order valence-corrected chi connectivity index (χ4v) is 1.56. The van der Waals surface area contributed by atoms with Crippen LogP contribution in [0, 0.1) is 0 Å². The highest BCUT2D eigenvalue weighted by Gasteiger charge is 2.04. The van der Waals surface area contributed by atoms with E-state index in [1.165, 1.54) is 0 Å². The van der Waals surface area contributed by atoms with Crippen molar-refractivity contribution in [3.8, 4) is 0 Å². The van der Waals surface area contributed by atoms with Crippen LogP contribution in [0.2, 0.25) is 0 Å². The molecule has 110 valence electrons. The van der Waals surface area contributed by atoms with Crippen molar-refractivity contribution in [3.05, 3.63) is 30.1 Å². The molecule has 0 aromatic carbocycles. The Balaban J connectivity index is 0. The van der Waals surface area contributed by atoms with Crippen molar-refractivity contribution in [3.63, 3.8) is 0 Å². The van der Waals surface area contributed by atoms with E-state index in [0.29, 0.717) is 25.4 Å². The van der Waals surface area contributed by atoms with Gasteiger partial charge in [0.2, 0.25) is 5.91 Å². The Morgan fingerprint density at radius 2 is 2.11 bits per heavy atom. The quantitative estimate of drug-likeness (QED) is 0.810. The van der Waals surface area contributed by atoms with E-state index in [4.69, 9.17) is 0 Å². The average Bonchev–Trinajstić information content (AvgIpc) is 2.35. The second-order valence-electron chi connectivity index (χ2n) is 4.08. The Morgan fingerprint density at radius 1 is 1.37 bits per heavy atom. The molecule has 0 bridgehead atoms. The van der Waals surface area contributed by atoms with Crippen LogP contribution < -0.4 is 10.6 Å². The van der Waals surface area contributed by atoms with Gasteiger partial charge in [-0.3, -0.25) is 9.78 Å². The average molecular weight is 308 g/mol. The zero-order valence-electron chi connectivity index (χ0n) is 11.4. The van der Waals surface area contributed by atoms with Crippen molar-refractivity contribution in [2.75, 3.05) is 13.1 Å². The number of carbonyl (C=O) groups excluding carboxylic acids is 1. The topological polar surface area (TPSA) is 54.0 Å². The van der Waals surface area contributed by atoms with E-state index in [2.05, 4.69) is 29.5 Å². The Labute approximate surface area is 127 Å². The number of nitrogens with zero attached hydrogens (tertiary/aromatic N) is 1. The molecule has 0 fully saturated rings. The predicted molar refractivity (Wildman–Crippen MR) is 83.2 cm³/mol. The summed E-state index contributed by atoms with van der Waals surface area (Å²) in [4.78, 5) is 15.7. The SMILES string of the molecule is CCN[C@H](C)CNC(=O)CCc1ccccn1.Cl.Cl. The van der Waals surface area contributed by atoms with Gasteiger partial charge in [-0.25, -0.2) is 0 Å². The first-order valence-electron chi connectivity index (χ1n) is 6.12. The molecular weight excluding hydrogens is 285 g/mol. The molecule has 0 saturated heterocycles. The lowest BCUT2D eigenvalue weighted by atomic mass is 10.2. The maximum Gasteiger partial charge on any atom is 0.220 e. The molecule has 1 rings (SSSR count). The lowest BCUT2D eigenvalue weighted by molar-refractivity contribution is -0.121. The normalized spacial score (nSPS) is 10.8. The summed E-state index contributed by atoms with van der Waals surface area (Å²) in [6.45, 7) is 5.71. The van der Waals surface area contributed by atoms with Crippen molar-refractivity contribution < 1.29 is 4.79 Å². The lowest BCUT2D eigenvalue weighted by Crippen LogP contribution is -2.38. The zero-order valence-corrected chi connectivity index (χ0v) is 13.0. The van der Waals surface area contributed by atoms with Gasteiger partial charge < -0.3 is 10.6 Å². The van der Waals surface area contributed by atoms with Crippen LogP contribution in [0.4, 0.5) is 0 Å². The van der Waals surface area contributed by atoms with Gasteiger partial charge in [0.1, 0.15) is 0 Å². The molecule has 1 heterocycles. The van der Waals surface area contributed by atoms with Gasteiger partial charge in [0.05, 0.1) is 0 Å². The van der Waals surface area contributed by atoms with E-state index in [-0.39, 0.29) is 30.7 Å². The van der Waals surface area contributed by atoms with Gasteiger partial charge in [-0.15, -0.1) is 24.8 Å². The Bertz CT molecular complexity index is 336. The maximum atomic E-state index is 11.6. The molecule has 0 aliphatic carbocycles. The highest BCUT2D eigenvalue weighted by atomic mass is 35.5. The van der Waals surface area contributed by atoms with Crippen LogP contribution in [0.3, 0.4) is 0 Å². The van der Waals surface area contributed by atoms with E-state index in [1.54, 1.807) is 6.20 Å². The molecule has 0 radical (unpaired) electrons. The second kappa shape index (κ2) is 12.2. The highest BCUT2D eigenvalue weighted by Crippen LogP contribution is 1.97. The third-order valence-corrected chi connectivity index (χ3v) is 2.49. The molecule has 0 aliphatic rings. The number of nitrogens with one attached hydrogen (secondary N) is 2. The van der Waals surface area contributed by atoms with Crippen LogP contribution in [0.1, 0.15) is 26.0 Å². The van der Waals surface area contributed by atoms with Crippen LogP contribution in [-0.2, 0) is 11.2 Å².